The first-order chi connectivity index (χ1) is 13.6. The SMILES string of the molecule is CC1(c2ccccc2Cl)NC(=O)N(CC(=O)N(C2CC2)C2CCS(=O)(=O)C2)C1=O. The average molecular weight is 440 g/mol. The Balaban J connectivity index is 1.54. The van der Waals surface area contributed by atoms with E-state index in [2.05, 4.69) is 5.32 Å². The molecule has 4 rings (SSSR count). The molecular weight excluding hydrogens is 418 g/mol. The highest BCUT2D eigenvalue weighted by atomic mass is 35.5. The molecule has 1 aliphatic carbocycles. The second kappa shape index (κ2) is 6.98. The van der Waals surface area contributed by atoms with Crippen LogP contribution in [0, 0.1) is 0 Å². The molecule has 2 heterocycles. The molecule has 1 saturated carbocycles. The summed E-state index contributed by atoms with van der Waals surface area (Å²) in [5.41, 5.74) is -0.910. The van der Waals surface area contributed by atoms with Crippen LogP contribution in [0.3, 0.4) is 0 Å². The minimum Gasteiger partial charge on any atom is -0.334 e. The molecule has 0 spiro atoms. The number of hydrogen-bond acceptors (Lipinski definition) is 5. The van der Waals surface area contributed by atoms with E-state index < -0.39 is 45.8 Å². The van der Waals surface area contributed by atoms with Crippen LogP contribution in [0.15, 0.2) is 24.3 Å². The van der Waals surface area contributed by atoms with Crippen LogP contribution in [0.2, 0.25) is 5.02 Å². The third-order valence-corrected chi connectivity index (χ3v) is 7.89. The summed E-state index contributed by atoms with van der Waals surface area (Å²) in [5, 5.41) is 2.99. The number of rotatable bonds is 5. The number of imide groups is 1. The zero-order valence-corrected chi connectivity index (χ0v) is 17.5. The molecule has 0 aromatic heterocycles. The van der Waals surface area contributed by atoms with Gasteiger partial charge in [0.15, 0.2) is 9.84 Å². The van der Waals surface area contributed by atoms with E-state index in [0.717, 1.165) is 17.7 Å². The molecule has 3 aliphatic rings. The number of carbonyl (C=O) groups excluding carboxylic acids is 3. The zero-order chi connectivity index (χ0) is 21.0. The molecule has 156 valence electrons. The molecule has 2 aliphatic heterocycles. The Morgan fingerprint density at radius 1 is 1.24 bits per heavy atom. The van der Waals surface area contributed by atoms with Crippen molar-refractivity contribution < 1.29 is 22.8 Å². The van der Waals surface area contributed by atoms with Crippen molar-refractivity contribution in [3.05, 3.63) is 34.9 Å². The van der Waals surface area contributed by atoms with Gasteiger partial charge >= 0.3 is 6.03 Å². The van der Waals surface area contributed by atoms with E-state index in [9.17, 15) is 22.8 Å². The Morgan fingerprint density at radius 3 is 2.52 bits per heavy atom. The number of sulfone groups is 1. The Bertz CT molecular complexity index is 993. The summed E-state index contributed by atoms with van der Waals surface area (Å²) in [6, 6.07) is 5.65. The van der Waals surface area contributed by atoms with Crippen LogP contribution in [0.1, 0.15) is 31.7 Å². The lowest BCUT2D eigenvalue weighted by atomic mass is 9.92. The smallest absolute Gasteiger partial charge is 0.325 e. The van der Waals surface area contributed by atoms with Crippen molar-refractivity contribution in [1.82, 2.24) is 15.1 Å². The van der Waals surface area contributed by atoms with E-state index in [0.29, 0.717) is 17.0 Å². The Morgan fingerprint density at radius 2 is 1.93 bits per heavy atom. The molecule has 2 atom stereocenters. The van der Waals surface area contributed by atoms with Crippen LogP contribution in [-0.2, 0) is 25.0 Å². The number of urea groups is 1. The van der Waals surface area contributed by atoms with Crippen molar-refractivity contribution in [3.8, 4) is 0 Å². The number of benzene rings is 1. The number of nitrogens with one attached hydrogen (secondary N) is 1. The van der Waals surface area contributed by atoms with E-state index in [1.807, 2.05) is 0 Å². The Hall–Kier alpha value is -2.13. The number of hydrogen-bond donors (Lipinski definition) is 1. The summed E-state index contributed by atoms with van der Waals surface area (Å²) in [5.74, 6) is -0.963. The molecular formula is C19H22ClN3O5S. The van der Waals surface area contributed by atoms with Crippen molar-refractivity contribution in [2.45, 2.75) is 43.8 Å². The molecule has 1 N–H and O–H groups in total. The van der Waals surface area contributed by atoms with Gasteiger partial charge < -0.3 is 10.2 Å². The lowest BCUT2D eigenvalue weighted by Crippen LogP contribution is -2.49. The van der Waals surface area contributed by atoms with Gasteiger partial charge in [-0.3, -0.25) is 14.5 Å². The van der Waals surface area contributed by atoms with Crippen molar-refractivity contribution in [3.63, 3.8) is 0 Å². The summed E-state index contributed by atoms with van der Waals surface area (Å²) < 4.78 is 23.7. The molecule has 8 nitrogen and oxygen atoms in total. The second-order valence-electron chi connectivity index (χ2n) is 8.02. The van der Waals surface area contributed by atoms with Crippen LogP contribution in [0.25, 0.3) is 0 Å². The first-order valence-corrected chi connectivity index (χ1v) is 11.7. The predicted octanol–water partition coefficient (Wildman–Crippen LogP) is 1.29. The number of nitrogens with zero attached hydrogens (tertiary/aromatic N) is 2. The summed E-state index contributed by atoms with van der Waals surface area (Å²) in [6.07, 6.45) is 2.00. The van der Waals surface area contributed by atoms with Gasteiger partial charge in [-0.1, -0.05) is 29.8 Å². The van der Waals surface area contributed by atoms with Crippen molar-refractivity contribution in [1.29, 1.82) is 0 Å². The minimum atomic E-state index is -3.16. The fraction of sp³-hybridized carbons (Fsp3) is 0.526. The standard InChI is InChI=1S/C19H22ClN3O5S/c1-19(14-4-2-3-5-15(14)20)17(25)22(18(26)21-19)10-16(24)23(12-6-7-12)13-8-9-29(27,28)11-13/h2-5,12-13H,6-11H2,1H3,(H,21,26). The first-order valence-electron chi connectivity index (χ1n) is 9.53. The number of amides is 4. The zero-order valence-electron chi connectivity index (χ0n) is 15.9. The monoisotopic (exact) mass is 439 g/mol. The van der Waals surface area contributed by atoms with Crippen LogP contribution >= 0.6 is 11.6 Å². The minimum absolute atomic E-state index is 0.0171. The maximum absolute atomic E-state index is 13.1. The van der Waals surface area contributed by atoms with E-state index in [1.165, 1.54) is 0 Å². The largest absolute Gasteiger partial charge is 0.334 e. The van der Waals surface area contributed by atoms with Gasteiger partial charge in [0.25, 0.3) is 5.91 Å². The summed E-state index contributed by atoms with van der Waals surface area (Å²) in [4.78, 5) is 41.1. The molecule has 1 aromatic rings. The van der Waals surface area contributed by atoms with E-state index in [1.54, 1.807) is 36.1 Å². The van der Waals surface area contributed by atoms with Gasteiger partial charge in [-0.25, -0.2) is 13.2 Å². The number of halogens is 1. The topological polar surface area (TPSA) is 104 Å². The molecule has 10 heteroatoms. The van der Waals surface area contributed by atoms with Crippen LogP contribution < -0.4 is 5.32 Å². The maximum atomic E-state index is 13.1. The van der Waals surface area contributed by atoms with Gasteiger partial charge in [-0.05, 0) is 32.3 Å². The second-order valence-corrected chi connectivity index (χ2v) is 10.7. The van der Waals surface area contributed by atoms with Crippen molar-refractivity contribution >= 4 is 39.3 Å². The third-order valence-electron chi connectivity index (χ3n) is 5.81. The fourth-order valence-electron chi connectivity index (χ4n) is 4.16. The predicted molar refractivity (Wildman–Crippen MR) is 106 cm³/mol. The summed E-state index contributed by atoms with van der Waals surface area (Å²) in [7, 11) is -3.16. The van der Waals surface area contributed by atoms with Gasteiger partial charge in [-0.2, -0.15) is 0 Å². The molecule has 1 aromatic carbocycles. The highest BCUT2D eigenvalue weighted by Crippen LogP contribution is 2.35. The third kappa shape index (κ3) is 3.61. The number of carbonyl (C=O) groups is 3. The molecule has 2 unspecified atom stereocenters. The average Bonchev–Trinajstić information content (AvgIpc) is 3.37. The molecule has 4 amide bonds. The lowest BCUT2D eigenvalue weighted by molar-refractivity contribution is -0.140. The highest BCUT2D eigenvalue weighted by Gasteiger charge is 2.51. The first kappa shape index (κ1) is 20.2. The fourth-order valence-corrected chi connectivity index (χ4v) is 6.20. The molecule has 0 bridgehead atoms. The highest BCUT2D eigenvalue weighted by molar-refractivity contribution is 7.91. The van der Waals surface area contributed by atoms with E-state index in [-0.39, 0.29) is 17.5 Å². The van der Waals surface area contributed by atoms with Crippen molar-refractivity contribution in [2.75, 3.05) is 18.1 Å². The van der Waals surface area contributed by atoms with E-state index >= 15 is 0 Å². The van der Waals surface area contributed by atoms with Gasteiger partial charge in [0.2, 0.25) is 5.91 Å². The van der Waals surface area contributed by atoms with Gasteiger partial charge in [0, 0.05) is 22.7 Å². The van der Waals surface area contributed by atoms with Crippen LogP contribution in [0.5, 0.6) is 0 Å². The molecule has 29 heavy (non-hydrogen) atoms. The van der Waals surface area contributed by atoms with Gasteiger partial charge in [0.1, 0.15) is 12.1 Å². The molecule has 3 fully saturated rings. The molecule has 2 saturated heterocycles. The summed E-state index contributed by atoms with van der Waals surface area (Å²) in [6.45, 7) is 1.14. The van der Waals surface area contributed by atoms with Crippen LogP contribution in [0.4, 0.5) is 4.79 Å². The van der Waals surface area contributed by atoms with Gasteiger partial charge in [-0.15, -0.1) is 0 Å². The Kier molecular flexibility index (Phi) is 4.85. The summed E-state index contributed by atoms with van der Waals surface area (Å²) >= 11 is 6.22. The maximum Gasteiger partial charge on any atom is 0.325 e. The van der Waals surface area contributed by atoms with Crippen molar-refractivity contribution in [2.24, 2.45) is 0 Å². The molecule has 0 radical (unpaired) electrons. The van der Waals surface area contributed by atoms with E-state index in [4.69, 9.17) is 11.6 Å². The Labute approximate surface area is 174 Å². The normalized spacial score (nSPS) is 28.5. The van der Waals surface area contributed by atoms with Crippen LogP contribution in [-0.4, -0.2) is 66.2 Å². The lowest BCUT2D eigenvalue weighted by Gasteiger charge is -2.30. The van der Waals surface area contributed by atoms with Gasteiger partial charge in [0.05, 0.1) is 11.5 Å². The quantitative estimate of drug-likeness (QED) is 0.696.